The second-order valence-electron chi connectivity index (χ2n) is 11.0. The summed E-state index contributed by atoms with van der Waals surface area (Å²) in [5, 5.41) is 11.4. The molecule has 1 aliphatic carbocycles. The first kappa shape index (κ1) is 21.1. The Hall–Kier alpha value is -0.610. The van der Waals surface area contributed by atoms with Crippen LogP contribution in [0, 0.1) is 11.3 Å². The maximum atomic E-state index is 12.4. The molecule has 2 atom stereocenters. The van der Waals surface area contributed by atoms with Crippen molar-refractivity contribution < 1.29 is 9.90 Å². The molecule has 2 saturated heterocycles. The van der Waals surface area contributed by atoms with Gasteiger partial charge in [0.2, 0.25) is 5.91 Å². The summed E-state index contributed by atoms with van der Waals surface area (Å²) in [7, 11) is 0. The molecule has 0 unspecified atom stereocenters. The zero-order valence-electron chi connectivity index (χ0n) is 18.4. The molecule has 1 saturated carbocycles. The first-order valence-electron chi connectivity index (χ1n) is 11.3. The summed E-state index contributed by atoms with van der Waals surface area (Å²) < 4.78 is 0. The van der Waals surface area contributed by atoms with Gasteiger partial charge in [0.25, 0.3) is 0 Å². The van der Waals surface area contributed by atoms with E-state index < -0.39 is 5.60 Å². The minimum atomic E-state index is -0.548. The molecule has 0 aromatic rings. The lowest BCUT2D eigenvalue weighted by atomic mass is 9.68. The fraction of sp³-hybridized carbons (Fsp3) is 0.957. The number of β-amino-alcohol motifs (C(OH)–C–C–N with tert-alkyl or cyclic N) is 1. The molecule has 3 fully saturated rings. The van der Waals surface area contributed by atoms with E-state index in [1.165, 1.54) is 6.42 Å². The lowest BCUT2D eigenvalue weighted by molar-refractivity contribution is -0.142. The van der Waals surface area contributed by atoms with Crippen molar-refractivity contribution >= 4 is 5.91 Å². The fourth-order valence-corrected chi connectivity index (χ4v) is 6.29. The number of rotatable bonds is 2. The van der Waals surface area contributed by atoms with Crippen molar-refractivity contribution in [2.45, 2.75) is 110 Å². The highest BCUT2D eigenvalue weighted by Crippen LogP contribution is 2.44. The van der Waals surface area contributed by atoms with Crippen molar-refractivity contribution in [3.05, 3.63) is 0 Å². The van der Waals surface area contributed by atoms with E-state index in [2.05, 4.69) is 37.5 Å². The van der Waals surface area contributed by atoms with Gasteiger partial charge in [-0.15, -0.1) is 0 Å². The quantitative estimate of drug-likeness (QED) is 0.783. The summed E-state index contributed by atoms with van der Waals surface area (Å²) in [6, 6.07) is 0.391. The van der Waals surface area contributed by atoms with E-state index in [-0.39, 0.29) is 11.4 Å². The van der Waals surface area contributed by atoms with Crippen LogP contribution in [0.15, 0.2) is 0 Å². The molecule has 0 aromatic carbocycles. The van der Waals surface area contributed by atoms with E-state index in [1.54, 1.807) is 6.92 Å². The Morgan fingerprint density at radius 3 is 2.30 bits per heavy atom. The Kier molecular flexibility index (Phi) is 5.99. The van der Waals surface area contributed by atoms with Crippen molar-refractivity contribution in [2.24, 2.45) is 11.3 Å². The lowest BCUT2D eigenvalue weighted by Crippen LogP contribution is -2.65. The van der Waals surface area contributed by atoms with Gasteiger partial charge in [0.05, 0.1) is 11.1 Å². The number of nitrogens with zero attached hydrogens (tertiary/aromatic N) is 2. The minimum absolute atomic E-state index is 0.0699. The highest BCUT2D eigenvalue weighted by atomic mass is 16.3. The zero-order valence-corrected chi connectivity index (χ0v) is 18.4. The smallest absolute Gasteiger partial charge is 0.219 e. The number of likely N-dealkylation sites (tertiary alicyclic amines) is 2. The van der Waals surface area contributed by atoms with E-state index in [1.807, 2.05) is 0 Å². The van der Waals surface area contributed by atoms with E-state index in [4.69, 9.17) is 0 Å². The molecule has 3 rings (SSSR count). The largest absolute Gasteiger partial charge is 0.389 e. The van der Waals surface area contributed by atoms with Crippen LogP contribution in [0.4, 0.5) is 0 Å². The van der Waals surface area contributed by atoms with Crippen LogP contribution in [0.2, 0.25) is 0 Å². The van der Waals surface area contributed by atoms with E-state index in [9.17, 15) is 9.90 Å². The molecule has 2 heterocycles. The topological polar surface area (TPSA) is 43.8 Å². The van der Waals surface area contributed by atoms with E-state index in [0.717, 1.165) is 76.9 Å². The van der Waals surface area contributed by atoms with Gasteiger partial charge in [-0.25, -0.2) is 0 Å². The Bertz CT molecular complexity index is 533. The Balaban J connectivity index is 1.72. The number of piperidine rings is 1. The predicted molar refractivity (Wildman–Crippen MR) is 111 cm³/mol. The number of hydrogen-bond acceptors (Lipinski definition) is 3. The van der Waals surface area contributed by atoms with Crippen molar-refractivity contribution in [2.75, 3.05) is 19.6 Å². The maximum absolute atomic E-state index is 12.4. The molecule has 2 aliphatic heterocycles. The van der Waals surface area contributed by atoms with Crippen LogP contribution < -0.4 is 0 Å². The molecule has 156 valence electrons. The number of carbonyl (C=O) groups excluding carboxylic acids is 1. The molecular weight excluding hydrogens is 336 g/mol. The van der Waals surface area contributed by atoms with Gasteiger partial charge >= 0.3 is 0 Å². The van der Waals surface area contributed by atoms with Gasteiger partial charge < -0.3 is 10.0 Å². The number of aliphatic hydroxyl groups is 1. The Labute approximate surface area is 166 Å². The fourth-order valence-electron chi connectivity index (χ4n) is 6.29. The SMILES string of the molecule is CC(=O)N1CCCC[C@H]2N(CC3(O)CCC(C(C)(C)C)CC3)CCC[C@@]21C. The van der Waals surface area contributed by atoms with Crippen molar-refractivity contribution in [3.63, 3.8) is 0 Å². The molecule has 1 amide bonds. The van der Waals surface area contributed by atoms with Crippen LogP contribution in [0.3, 0.4) is 0 Å². The van der Waals surface area contributed by atoms with Crippen molar-refractivity contribution in [1.82, 2.24) is 9.80 Å². The van der Waals surface area contributed by atoms with Crippen LogP contribution in [-0.4, -0.2) is 57.6 Å². The van der Waals surface area contributed by atoms with Crippen LogP contribution in [0.5, 0.6) is 0 Å². The standard InChI is InChI=1S/C23H42N2O2/c1-18(26)25-16-7-6-9-20-22(25,5)12-8-15-24(20)17-23(27)13-10-19(11-14-23)21(2,3)4/h19-20,27H,6-17H2,1-5H3/t19?,20-,22+,23?/m1/s1. The Morgan fingerprint density at radius 2 is 1.70 bits per heavy atom. The van der Waals surface area contributed by atoms with Gasteiger partial charge in [0.15, 0.2) is 0 Å². The molecule has 4 heteroatoms. The molecule has 4 nitrogen and oxygen atoms in total. The summed E-state index contributed by atoms with van der Waals surface area (Å²) in [4.78, 5) is 17.1. The number of fused-ring (bicyclic) bond motifs is 1. The molecular formula is C23H42N2O2. The van der Waals surface area contributed by atoms with Crippen LogP contribution in [0.1, 0.15) is 92.4 Å². The Morgan fingerprint density at radius 1 is 1.04 bits per heavy atom. The summed E-state index contributed by atoms with van der Waals surface area (Å²) in [5.41, 5.74) is -0.277. The van der Waals surface area contributed by atoms with Gasteiger partial charge in [-0.05, 0) is 76.2 Å². The van der Waals surface area contributed by atoms with Gasteiger partial charge in [0, 0.05) is 26.1 Å². The van der Waals surface area contributed by atoms with Crippen LogP contribution in [0.25, 0.3) is 0 Å². The first-order valence-corrected chi connectivity index (χ1v) is 11.3. The second-order valence-corrected chi connectivity index (χ2v) is 11.0. The molecule has 0 bridgehead atoms. The van der Waals surface area contributed by atoms with Gasteiger partial charge in [0.1, 0.15) is 0 Å². The first-order chi connectivity index (χ1) is 12.6. The maximum Gasteiger partial charge on any atom is 0.219 e. The van der Waals surface area contributed by atoms with Crippen molar-refractivity contribution in [3.8, 4) is 0 Å². The average molecular weight is 379 g/mol. The molecule has 3 aliphatic rings. The number of amides is 1. The third-order valence-electron chi connectivity index (χ3n) is 8.03. The number of hydrogen-bond donors (Lipinski definition) is 1. The second kappa shape index (κ2) is 7.67. The molecule has 0 spiro atoms. The highest BCUT2D eigenvalue weighted by molar-refractivity contribution is 5.74. The minimum Gasteiger partial charge on any atom is -0.389 e. The third-order valence-corrected chi connectivity index (χ3v) is 8.03. The summed E-state index contributed by atoms with van der Waals surface area (Å²) in [6.45, 7) is 13.8. The third kappa shape index (κ3) is 4.37. The zero-order chi connectivity index (χ0) is 19.9. The van der Waals surface area contributed by atoms with Crippen LogP contribution in [-0.2, 0) is 4.79 Å². The number of carbonyl (C=O) groups is 1. The van der Waals surface area contributed by atoms with E-state index in [0.29, 0.717) is 11.5 Å². The van der Waals surface area contributed by atoms with Crippen LogP contribution >= 0.6 is 0 Å². The average Bonchev–Trinajstić information content (AvgIpc) is 2.73. The summed E-state index contributed by atoms with van der Waals surface area (Å²) >= 11 is 0. The van der Waals surface area contributed by atoms with Gasteiger partial charge in [-0.1, -0.05) is 27.2 Å². The van der Waals surface area contributed by atoms with Gasteiger partial charge in [-0.2, -0.15) is 0 Å². The monoisotopic (exact) mass is 378 g/mol. The lowest BCUT2D eigenvalue weighted by Gasteiger charge is -2.54. The van der Waals surface area contributed by atoms with E-state index >= 15 is 0 Å². The van der Waals surface area contributed by atoms with Crippen molar-refractivity contribution in [1.29, 1.82) is 0 Å². The normalized spacial score (nSPS) is 39.0. The van der Waals surface area contributed by atoms with Gasteiger partial charge in [-0.3, -0.25) is 9.69 Å². The highest BCUT2D eigenvalue weighted by Gasteiger charge is 2.49. The molecule has 0 radical (unpaired) electrons. The molecule has 27 heavy (non-hydrogen) atoms. The summed E-state index contributed by atoms with van der Waals surface area (Å²) in [5.74, 6) is 0.936. The summed E-state index contributed by atoms with van der Waals surface area (Å²) in [6.07, 6.45) is 9.78. The predicted octanol–water partition coefficient (Wildman–Crippen LogP) is 4.21. The molecule has 1 N–H and O–H groups in total. The molecule has 0 aromatic heterocycles.